The summed E-state index contributed by atoms with van der Waals surface area (Å²) in [5, 5.41) is 15.0. The topological polar surface area (TPSA) is 78.7 Å². The van der Waals surface area contributed by atoms with Gasteiger partial charge in [-0.05, 0) is 80.9 Å². The third kappa shape index (κ3) is 3.57. The molecule has 7 nitrogen and oxygen atoms in total. The van der Waals surface area contributed by atoms with Gasteiger partial charge in [-0.15, -0.1) is 0 Å². The summed E-state index contributed by atoms with van der Waals surface area (Å²) in [6, 6.07) is 6.52. The summed E-state index contributed by atoms with van der Waals surface area (Å²) in [5.41, 5.74) is 3.33. The summed E-state index contributed by atoms with van der Waals surface area (Å²) < 4.78 is 1.48. The summed E-state index contributed by atoms with van der Waals surface area (Å²) >= 11 is 6.72. The van der Waals surface area contributed by atoms with Gasteiger partial charge in [0.15, 0.2) is 0 Å². The molecule has 35 heavy (non-hydrogen) atoms. The van der Waals surface area contributed by atoms with Crippen LogP contribution in [0, 0.1) is 37.5 Å². The van der Waals surface area contributed by atoms with Gasteiger partial charge in [0.2, 0.25) is 0 Å². The van der Waals surface area contributed by atoms with Crippen LogP contribution < -0.4 is 15.4 Å². The minimum absolute atomic E-state index is 0.129. The fourth-order valence-electron chi connectivity index (χ4n) is 7.94. The quantitative estimate of drug-likeness (QED) is 0.687. The number of carboxylic acids is 1. The Morgan fingerprint density at radius 2 is 1.66 bits per heavy atom. The minimum atomic E-state index is -0.801. The zero-order valence-electron chi connectivity index (χ0n) is 20.4. The van der Waals surface area contributed by atoms with E-state index in [0.717, 1.165) is 45.4 Å². The van der Waals surface area contributed by atoms with Crippen LogP contribution in [0.25, 0.3) is 0 Å². The Bertz CT molecular complexity index is 1220. The molecule has 4 aliphatic carbocycles. The highest BCUT2D eigenvalue weighted by Gasteiger charge is 2.61. The summed E-state index contributed by atoms with van der Waals surface area (Å²) in [4.78, 5) is 30.5. The number of carbonyl (C=O) groups is 1. The van der Waals surface area contributed by atoms with Crippen molar-refractivity contribution < 1.29 is 9.90 Å². The predicted octanol–water partition coefficient (Wildman–Crippen LogP) is 4.08. The van der Waals surface area contributed by atoms with Crippen molar-refractivity contribution in [3.8, 4) is 0 Å². The third-order valence-electron chi connectivity index (χ3n) is 9.19. The van der Waals surface area contributed by atoms with E-state index in [-0.39, 0.29) is 16.5 Å². The molecule has 8 heteroatoms. The Morgan fingerprint density at radius 3 is 2.29 bits per heavy atom. The molecule has 5 aliphatic rings. The molecule has 5 fully saturated rings. The van der Waals surface area contributed by atoms with E-state index in [2.05, 4.69) is 46.9 Å². The summed E-state index contributed by atoms with van der Waals surface area (Å²) in [6.45, 7) is 7.40. The fraction of sp³-hybridized carbons (Fsp3) is 0.593. The highest BCUT2D eigenvalue weighted by atomic mass is 35.5. The molecule has 1 aromatic carbocycles. The number of rotatable bonds is 4. The van der Waals surface area contributed by atoms with Crippen LogP contribution in [0.2, 0.25) is 5.02 Å². The average Bonchev–Trinajstić information content (AvgIpc) is 2.81. The number of carboxylic acid groups (broad SMARTS) is 1. The molecular weight excluding hydrogens is 464 g/mol. The molecule has 186 valence electrons. The number of aryl methyl sites for hydroxylation is 2. The standard InChI is InChI=1S/C27H33ClN4O3/c1-16-3-4-17(2)21(9-16)30-5-7-31(8-6-30)22-15-29-32(25(33)24(22)28)27-13-18-10-19(14-27)12-20(11-18)23(27)26(34)35/h3-4,9,15,18-20,23H,5-8,10-14H2,1-2H3,(H,34,35)/t18-,19-,20?,23-,27?/m0/s1. The molecule has 4 saturated carbocycles. The van der Waals surface area contributed by atoms with Crippen molar-refractivity contribution in [1.29, 1.82) is 0 Å². The third-order valence-corrected chi connectivity index (χ3v) is 9.54. The molecule has 1 aliphatic heterocycles. The van der Waals surface area contributed by atoms with Gasteiger partial charge in [-0.3, -0.25) is 9.59 Å². The van der Waals surface area contributed by atoms with Crippen molar-refractivity contribution in [3.63, 3.8) is 0 Å². The molecule has 7 rings (SSSR count). The van der Waals surface area contributed by atoms with Gasteiger partial charge in [-0.1, -0.05) is 23.7 Å². The van der Waals surface area contributed by atoms with E-state index in [9.17, 15) is 14.7 Å². The van der Waals surface area contributed by atoms with Gasteiger partial charge < -0.3 is 14.9 Å². The van der Waals surface area contributed by atoms with Gasteiger partial charge in [0, 0.05) is 31.9 Å². The van der Waals surface area contributed by atoms with Crippen LogP contribution in [-0.2, 0) is 10.3 Å². The second-order valence-electron chi connectivity index (χ2n) is 11.4. The highest BCUT2D eigenvalue weighted by molar-refractivity contribution is 6.33. The largest absolute Gasteiger partial charge is 0.481 e. The number of hydrogen-bond donors (Lipinski definition) is 1. The molecule has 2 aromatic rings. The van der Waals surface area contributed by atoms with Crippen LogP contribution in [0.1, 0.15) is 43.2 Å². The first kappa shape index (κ1) is 22.9. The molecule has 0 spiro atoms. The monoisotopic (exact) mass is 496 g/mol. The van der Waals surface area contributed by atoms with Crippen LogP contribution in [0.4, 0.5) is 11.4 Å². The Kier molecular flexibility index (Phi) is 5.40. The lowest BCUT2D eigenvalue weighted by Gasteiger charge is -2.59. The summed E-state index contributed by atoms with van der Waals surface area (Å²) in [5.74, 6) is -0.278. The zero-order chi connectivity index (χ0) is 24.5. The van der Waals surface area contributed by atoms with Gasteiger partial charge >= 0.3 is 5.97 Å². The van der Waals surface area contributed by atoms with E-state index in [1.807, 2.05) is 0 Å². The second kappa shape index (κ2) is 8.26. The molecule has 1 aromatic heterocycles. The number of aromatic nitrogens is 2. The lowest BCUT2D eigenvalue weighted by atomic mass is 9.48. The van der Waals surface area contributed by atoms with Crippen LogP contribution in [0.5, 0.6) is 0 Å². The Labute approximate surface area is 210 Å². The molecule has 2 heterocycles. The predicted molar refractivity (Wildman–Crippen MR) is 137 cm³/mol. The van der Waals surface area contributed by atoms with E-state index >= 15 is 0 Å². The van der Waals surface area contributed by atoms with Gasteiger partial charge in [-0.2, -0.15) is 5.10 Å². The lowest BCUT2D eigenvalue weighted by Crippen LogP contribution is -2.63. The normalized spacial score (nSPS) is 31.7. The molecule has 1 N–H and O–H groups in total. The molecule has 0 amide bonds. The summed E-state index contributed by atoms with van der Waals surface area (Å²) in [6.07, 6.45) is 6.20. The molecular formula is C27H33ClN4O3. The van der Waals surface area contributed by atoms with Gasteiger partial charge in [0.05, 0.1) is 23.3 Å². The molecule has 4 bridgehead atoms. The number of halogens is 1. The van der Waals surface area contributed by atoms with Crippen molar-refractivity contribution in [2.45, 2.75) is 51.5 Å². The van der Waals surface area contributed by atoms with Gasteiger partial charge in [-0.25, -0.2) is 4.68 Å². The maximum Gasteiger partial charge on any atom is 0.309 e. The zero-order valence-corrected chi connectivity index (χ0v) is 21.2. The minimum Gasteiger partial charge on any atom is -0.481 e. The highest BCUT2D eigenvalue weighted by Crippen LogP contribution is 2.61. The van der Waals surface area contributed by atoms with Crippen LogP contribution in [0.15, 0.2) is 29.2 Å². The SMILES string of the molecule is Cc1ccc(C)c(N2CCN(c3cnn(C45C[C@@H]6CC(C[C@H](C6)C4)[C@H]5C(=O)O)c(=O)c3Cl)CC2)c1. The number of benzene rings is 1. The van der Waals surface area contributed by atoms with Gasteiger partial charge in [0.25, 0.3) is 5.56 Å². The van der Waals surface area contributed by atoms with Crippen LogP contribution in [-0.4, -0.2) is 47.0 Å². The van der Waals surface area contributed by atoms with E-state index in [4.69, 9.17) is 11.6 Å². The Morgan fingerprint density at radius 1 is 1.03 bits per heavy atom. The lowest BCUT2D eigenvalue weighted by molar-refractivity contribution is -0.168. The van der Waals surface area contributed by atoms with Crippen molar-refractivity contribution >= 4 is 28.9 Å². The number of piperazine rings is 1. The first-order valence-electron chi connectivity index (χ1n) is 12.8. The van der Waals surface area contributed by atoms with E-state index < -0.39 is 17.4 Å². The van der Waals surface area contributed by atoms with E-state index in [0.29, 0.717) is 30.4 Å². The van der Waals surface area contributed by atoms with E-state index in [1.165, 1.54) is 21.5 Å². The number of hydrogen-bond acceptors (Lipinski definition) is 5. The smallest absolute Gasteiger partial charge is 0.309 e. The number of aliphatic carboxylic acids is 1. The maximum atomic E-state index is 13.6. The molecule has 0 radical (unpaired) electrons. The van der Waals surface area contributed by atoms with Crippen molar-refractivity contribution in [1.82, 2.24) is 9.78 Å². The van der Waals surface area contributed by atoms with Crippen molar-refractivity contribution in [2.24, 2.45) is 23.7 Å². The number of nitrogens with zero attached hydrogens (tertiary/aromatic N) is 4. The fourth-order valence-corrected chi connectivity index (χ4v) is 8.19. The average molecular weight is 497 g/mol. The van der Waals surface area contributed by atoms with Crippen LogP contribution >= 0.6 is 11.6 Å². The Balaban J connectivity index is 1.28. The first-order chi connectivity index (χ1) is 16.8. The summed E-state index contributed by atoms with van der Waals surface area (Å²) in [7, 11) is 0. The van der Waals surface area contributed by atoms with Gasteiger partial charge in [0.1, 0.15) is 5.02 Å². The second-order valence-corrected chi connectivity index (χ2v) is 11.7. The van der Waals surface area contributed by atoms with E-state index in [1.54, 1.807) is 6.20 Å². The number of anilines is 2. The van der Waals surface area contributed by atoms with Crippen molar-refractivity contribution in [3.05, 3.63) is 50.9 Å². The van der Waals surface area contributed by atoms with Crippen LogP contribution in [0.3, 0.4) is 0 Å². The molecule has 0 unspecified atom stereocenters. The maximum absolute atomic E-state index is 13.6. The molecule has 3 atom stereocenters. The van der Waals surface area contributed by atoms with Crippen molar-refractivity contribution in [2.75, 3.05) is 36.0 Å². The Hall–Kier alpha value is -2.54. The first-order valence-corrected chi connectivity index (χ1v) is 13.2. The molecule has 1 saturated heterocycles.